The first-order valence-electron chi connectivity index (χ1n) is 5.10. The molecule has 98 valence electrons. The molecule has 0 atom stereocenters. The third-order valence-corrected chi connectivity index (χ3v) is 2.32. The van der Waals surface area contributed by atoms with E-state index in [-0.39, 0.29) is 5.75 Å². The average Bonchev–Trinajstić information content (AvgIpc) is 2.35. The van der Waals surface area contributed by atoms with Crippen molar-refractivity contribution in [2.24, 2.45) is 5.10 Å². The Hall–Kier alpha value is -1.76. The summed E-state index contributed by atoms with van der Waals surface area (Å²) in [5.41, 5.74) is 3.88. The summed E-state index contributed by atoms with van der Waals surface area (Å²) in [6, 6.07) is 6.29. The van der Waals surface area contributed by atoms with E-state index < -0.39 is 6.61 Å². The molecule has 0 heterocycles. The molecular weight excluding hydrogens is 260 g/mol. The number of nitrogens with one attached hydrogen (secondary N) is 2. The van der Waals surface area contributed by atoms with Gasteiger partial charge >= 0.3 is 6.61 Å². The van der Waals surface area contributed by atoms with E-state index in [0.29, 0.717) is 16.4 Å². The zero-order valence-corrected chi connectivity index (χ0v) is 10.7. The normalized spacial score (nSPS) is 11.3. The van der Waals surface area contributed by atoms with Gasteiger partial charge in [0.05, 0.1) is 5.71 Å². The van der Waals surface area contributed by atoms with Crippen LogP contribution >= 0.6 is 12.2 Å². The summed E-state index contributed by atoms with van der Waals surface area (Å²) >= 11 is 4.85. The first kappa shape index (κ1) is 14.3. The maximum absolute atomic E-state index is 12.1. The number of hydrazone groups is 1. The minimum Gasteiger partial charge on any atom is -0.435 e. The first-order chi connectivity index (χ1) is 8.52. The van der Waals surface area contributed by atoms with Crippen LogP contribution in [-0.4, -0.2) is 24.5 Å². The highest BCUT2D eigenvalue weighted by Gasteiger charge is 2.05. The van der Waals surface area contributed by atoms with Gasteiger partial charge in [0.2, 0.25) is 0 Å². The fraction of sp³-hybridized carbons (Fsp3) is 0.273. The van der Waals surface area contributed by atoms with E-state index in [1.165, 1.54) is 12.1 Å². The molecule has 0 saturated carbocycles. The standard InChI is InChI=1S/C11H13F2N3OS/c1-7(15-16-11(18)14-2)8-4-3-5-9(6-8)17-10(12)13/h3-6,10H,1-2H3,(H2,14,16,18)/b15-7-. The van der Waals surface area contributed by atoms with Gasteiger partial charge in [0, 0.05) is 12.6 Å². The SMILES string of the molecule is CNC(=S)N/N=C(/C)c1cccc(OC(F)F)c1. The predicted octanol–water partition coefficient (Wildman–Crippen LogP) is 2.11. The smallest absolute Gasteiger partial charge is 0.387 e. The molecule has 0 aliphatic carbocycles. The van der Waals surface area contributed by atoms with Crippen molar-refractivity contribution < 1.29 is 13.5 Å². The van der Waals surface area contributed by atoms with E-state index in [0.717, 1.165) is 0 Å². The van der Waals surface area contributed by atoms with Gasteiger partial charge in [0.25, 0.3) is 0 Å². The Bertz CT molecular complexity index is 452. The van der Waals surface area contributed by atoms with Crippen molar-refractivity contribution in [3.8, 4) is 5.75 Å². The fourth-order valence-corrected chi connectivity index (χ4v) is 1.20. The van der Waals surface area contributed by atoms with Crippen LogP contribution in [0.2, 0.25) is 0 Å². The van der Waals surface area contributed by atoms with Crippen LogP contribution in [0.3, 0.4) is 0 Å². The van der Waals surface area contributed by atoms with Gasteiger partial charge < -0.3 is 10.1 Å². The van der Waals surface area contributed by atoms with Crippen LogP contribution in [-0.2, 0) is 0 Å². The molecule has 1 aromatic rings. The molecule has 1 rings (SSSR count). The molecule has 0 unspecified atom stereocenters. The van der Waals surface area contributed by atoms with Crippen molar-refractivity contribution in [1.82, 2.24) is 10.7 Å². The minimum absolute atomic E-state index is 0.0910. The second-order valence-corrected chi connectivity index (χ2v) is 3.70. The quantitative estimate of drug-likeness (QED) is 0.501. The van der Waals surface area contributed by atoms with Gasteiger partial charge in [-0.2, -0.15) is 13.9 Å². The maximum atomic E-state index is 12.1. The summed E-state index contributed by atoms with van der Waals surface area (Å²) in [5, 5.41) is 7.07. The van der Waals surface area contributed by atoms with E-state index >= 15 is 0 Å². The van der Waals surface area contributed by atoms with Crippen molar-refractivity contribution >= 4 is 23.0 Å². The van der Waals surface area contributed by atoms with Gasteiger partial charge in [0.15, 0.2) is 5.11 Å². The molecular formula is C11H13F2N3OS. The Morgan fingerprint density at radius 1 is 1.44 bits per heavy atom. The summed E-state index contributed by atoms with van der Waals surface area (Å²) in [5.74, 6) is 0.0910. The number of alkyl halides is 2. The van der Waals surface area contributed by atoms with E-state index in [1.807, 2.05) is 0 Å². The van der Waals surface area contributed by atoms with Crippen LogP contribution in [0.4, 0.5) is 8.78 Å². The number of hydrogen-bond acceptors (Lipinski definition) is 3. The topological polar surface area (TPSA) is 45.7 Å². The van der Waals surface area contributed by atoms with Crippen LogP contribution in [0.5, 0.6) is 5.75 Å². The number of ether oxygens (including phenoxy) is 1. The van der Waals surface area contributed by atoms with Crippen molar-refractivity contribution in [2.45, 2.75) is 13.5 Å². The highest BCUT2D eigenvalue weighted by atomic mass is 32.1. The monoisotopic (exact) mass is 273 g/mol. The molecule has 1 aromatic carbocycles. The third-order valence-electron chi connectivity index (χ3n) is 2.03. The zero-order valence-electron chi connectivity index (χ0n) is 9.91. The van der Waals surface area contributed by atoms with Crippen molar-refractivity contribution in [1.29, 1.82) is 0 Å². The van der Waals surface area contributed by atoms with Gasteiger partial charge in [-0.05, 0) is 31.3 Å². The Morgan fingerprint density at radius 2 is 2.17 bits per heavy atom. The lowest BCUT2D eigenvalue weighted by atomic mass is 10.1. The summed E-state index contributed by atoms with van der Waals surface area (Å²) in [7, 11) is 1.66. The highest BCUT2D eigenvalue weighted by molar-refractivity contribution is 7.80. The molecule has 0 saturated heterocycles. The lowest BCUT2D eigenvalue weighted by molar-refractivity contribution is -0.0498. The van der Waals surface area contributed by atoms with Crippen molar-refractivity contribution in [3.05, 3.63) is 29.8 Å². The molecule has 4 nitrogen and oxygen atoms in total. The van der Waals surface area contributed by atoms with E-state index in [2.05, 4.69) is 20.6 Å². The zero-order chi connectivity index (χ0) is 13.5. The van der Waals surface area contributed by atoms with Gasteiger partial charge in [-0.25, -0.2) is 0 Å². The number of thiocarbonyl (C=S) groups is 1. The molecule has 18 heavy (non-hydrogen) atoms. The van der Waals surface area contributed by atoms with Crippen molar-refractivity contribution in [2.75, 3.05) is 7.05 Å². The lowest BCUT2D eigenvalue weighted by Gasteiger charge is -2.07. The molecule has 2 N–H and O–H groups in total. The lowest BCUT2D eigenvalue weighted by Crippen LogP contribution is -2.29. The number of hydrogen-bond donors (Lipinski definition) is 2. The Kier molecular flexibility index (Phi) is 5.44. The number of rotatable bonds is 4. The largest absolute Gasteiger partial charge is 0.435 e. The summed E-state index contributed by atoms with van der Waals surface area (Å²) in [4.78, 5) is 0. The summed E-state index contributed by atoms with van der Waals surface area (Å²) in [6.45, 7) is -1.11. The Balaban J connectivity index is 2.79. The van der Waals surface area contributed by atoms with Gasteiger partial charge in [0.1, 0.15) is 5.75 Å². The van der Waals surface area contributed by atoms with Crippen LogP contribution in [0.1, 0.15) is 12.5 Å². The van der Waals surface area contributed by atoms with Gasteiger partial charge in [-0.1, -0.05) is 12.1 Å². The fourth-order valence-electron chi connectivity index (χ4n) is 1.15. The summed E-state index contributed by atoms with van der Waals surface area (Å²) < 4.78 is 28.4. The Morgan fingerprint density at radius 3 is 2.78 bits per heavy atom. The van der Waals surface area contributed by atoms with Crippen molar-refractivity contribution in [3.63, 3.8) is 0 Å². The minimum atomic E-state index is -2.84. The van der Waals surface area contributed by atoms with E-state index in [9.17, 15) is 8.78 Å². The van der Waals surface area contributed by atoms with Crippen LogP contribution in [0.15, 0.2) is 29.4 Å². The third kappa shape index (κ3) is 4.62. The molecule has 0 bridgehead atoms. The van der Waals surface area contributed by atoms with Crippen LogP contribution < -0.4 is 15.5 Å². The molecule has 0 aromatic heterocycles. The first-order valence-corrected chi connectivity index (χ1v) is 5.51. The average molecular weight is 273 g/mol. The maximum Gasteiger partial charge on any atom is 0.387 e. The second-order valence-electron chi connectivity index (χ2n) is 3.29. The molecule has 0 aliphatic rings. The number of nitrogens with zero attached hydrogens (tertiary/aromatic N) is 1. The number of benzene rings is 1. The predicted molar refractivity (Wildman–Crippen MR) is 70.1 cm³/mol. The highest BCUT2D eigenvalue weighted by Crippen LogP contribution is 2.16. The van der Waals surface area contributed by atoms with E-state index in [1.54, 1.807) is 26.1 Å². The van der Waals surface area contributed by atoms with Gasteiger partial charge in [-0.15, -0.1) is 0 Å². The van der Waals surface area contributed by atoms with Crippen LogP contribution in [0.25, 0.3) is 0 Å². The second kappa shape index (κ2) is 6.85. The molecule has 0 radical (unpaired) electrons. The summed E-state index contributed by atoms with van der Waals surface area (Å²) in [6.07, 6.45) is 0. The van der Waals surface area contributed by atoms with Gasteiger partial charge in [-0.3, -0.25) is 5.43 Å². The number of halogens is 2. The molecule has 0 spiro atoms. The van der Waals surface area contributed by atoms with Crippen LogP contribution in [0, 0.1) is 0 Å². The Labute approximate surface area is 109 Å². The molecule has 0 amide bonds. The molecule has 7 heteroatoms. The molecule has 0 aliphatic heterocycles. The molecule has 0 fully saturated rings. The van der Waals surface area contributed by atoms with E-state index in [4.69, 9.17) is 12.2 Å².